The molecule has 0 atom stereocenters. The minimum Gasteiger partial charge on any atom is -0.496 e. The average molecular weight is 321 g/mol. The van der Waals surface area contributed by atoms with Crippen molar-refractivity contribution in [2.45, 2.75) is 6.92 Å². The highest BCUT2D eigenvalue weighted by atomic mass is 35.5. The van der Waals surface area contributed by atoms with Crippen molar-refractivity contribution in [1.29, 1.82) is 0 Å². The third-order valence-corrected chi connectivity index (χ3v) is 3.79. The predicted octanol–water partition coefficient (Wildman–Crippen LogP) is 5.21. The van der Waals surface area contributed by atoms with Gasteiger partial charge in [-0.1, -0.05) is 35.3 Å². The molecule has 0 aromatic heterocycles. The third-order valence-electron chi connectivity index (χ3n) is 3.05. The molecule has 0 N–H and O–H groups in total. The van der Waals surface area contributed by atoms with Crippen molar-refractivity contribution in [2.24, 2.45) is 0 Å². The quantitative estimate of drug-likeness (QED) is 0.571. The number of hydrogen-bond donors (Lipinski definition) is 0. The minimum absolute atomic E-state index is 0.123. The van der Waals surface area contributed by atoms with Gasteiger partial charge in [-0.05, 0) is 54.5 Å². The monoisotopic (exact) mass is 320 g/mol. The Morgan fingerprint density at radius 2 is 1.86 bits per heavy atom. The number of methoxy groups -OCH3 is 1. The fourth-order valence-electron chi connectivity index (χ4n) is 1.92. The Morgan fingerprint density at radius 1 is 1.10 bits per heavy atom. The largest absolute Gasteiger partial charge is 0.496 e. The zero-order valence-electron chi connectivity index (χ0n) is 11.7. The fraction of sp³-hybridized carbons (Fsp3) is 0.118. The van der Waals surface area contributed by atoms with Crippen LogP contribution in [0.2, 0.25) is 10.0 Å². The third kappa shape index (κ3) is 3.87. The van der Waals surface area contributed by atoms with Crippen LogP contribution in [0.1, 0.15) is 21.5 Å². The number of carbonyl (C=O) groups excluding carboxylic acids is 1. The molecule has 2 aromatic carbocycles. The molecule has 0 saturated heterocycles. The van der Waals surface area contributed by atoms with Crippen LogP contribution in [0.15, 0.2) is 42.5 Å². The molecule has 108 valence electrons. The van der Waals surface area contributed by atoms with E-state index in [1.165, 1.54) is 6.08 Å². The lowest BCUT2D eigenvalue weighted by atomic mass is 10.1. The summed E-state index contributed by atoms with van der Waals surface area (Å²) in [6.45, 7) is 1.96. The number of rotatable bonds is 4. The standard InChI is InChI=1S/C17H14Cl2O2/c1-11-9-12(4-8-17(11)21-2)3-7-16(20)13-5-6-14(18)15(19)10-13/h3-10H,1-2H3/b7-3+. The van der Waals surface area contributed by atoms with Gasteiger partial charge in [0, 0.05) is 5.56 Å². The Hall–Kier alpha value is -1.77. The summed E-state index contributed by atoms with van der Waals surface area (Å²) in [6.07, 6.45) is 3.28. The Bertz CT molecular complexity index is 706. The molecule has 21 heavy (non-hydrogen) atoms. The van der Waals surface area contributed by atoms with E-state index in [4.69, 9.17) is 27.9 Å². The molecule has 4 heteroatoms. The van der Waals surface area contributed by atoms with E-state index < -0.39 is 0 Å². The minimum atomic E-state index is -0.123. The summed E-state index contributed by atoms with van der Waals surface area (Å²) in [4.78, 5) is 12.1. The Balaban J connectivity index is 2.18. The van der Waals surface area contributed by atoms with Crippen molar-refractivity contribution >= 4 is 35.1 Å². The van der Waals surface area contributed by atoms with E-state index in [-0.39, 0.29) is 5.78 Å². The second-order valence-corrected chi connectivity index (χ2v) is 5.37. The van der Waals surface area contributed by atoms with Crippen LogP contribution >= 0.6 is 23.2 Å². The Labute approximate surface area is 134 Å². The van der Waals surface area contributed by atoms with Crippen molar-refractivity contribution in [2.75, 3.05) is 7.11 Å². The number of ether oxygens (including phenoxy) is 1. The normalized spacial score (nSPS) is 10.9. The lowest BCUT2D eigenvalue weighted by Gasteiger charge is -2.04. The smallest absolute Gasteiger partial charge is 0.185 e. The van der Waals surface area contributed by atoms with Gasteiger partial charge in [-0.3, -0.25) is 4.79 Å². The fourth-order valence-corrected chi connectivity index (χ4v) is 2.22. The SMILES string of the molecule is COc1ccc(/C=C/C(=O)c2ccc(Cl)c(Cl)c2)cc1C. The number of allylic oxidation sites excluding steroid dienone is 1. The van der Waals surface area contributed by atoms with Crippen molar-refractivity contribution in [1.82, 2.24) is 0 Å². The molecule has 0 aliphatic carbocycles. The van der Waals surface area contributed by atoms with Gasteiger partial charge >= 0.3 is 0 Å². The van der Waals surface area contributed by atoms with Gasteiger partial charge in [0.15, 0.2) is 5.78 Å². The Kier molecular flexibility index (Phi) is 5.05. The lowest BCUT2D eigenvalue weighted by molar-refractivity contribution is 0.104. The summed E-state index contributed by atoms with van der Waals surface area (Å²) >= 11 is 11.7. The molecule has 0 radical (unpaired) electrons. The average Bonchev–Trinajstić information content (AvgIpc) is 2.47. The molecule has 0 spiro atoms. The number of carbonyl (C=O) groups is 1. The van der Waals surface area contributed by atoms with Crippen LogP contribution in [-0.2, 0) is 0 Å². The zero-order valence-corrected chi connectivity index (χ0v) is 13.2. The zero-order chi connectivity index (χ0) is 15.4. The maximum absolute atomic E-state index is 12.1. The van der Waals surface area contributed by atoms with E-state index >= 15 is 0 Å². The van der Waals surface area contributed by atoms with Crippen LogP contribution in [-0.4, -0.2) is 12.9 Å². The van der Waals surface area contributed by atoms with E-state index in [1.54, 1.807) is 31.4 Å². The molecule has 0 bridgehead atoms. The van der Waals surface area contributed by atoms with Gasteiger partial charge in [0.25, 0.3) is 0 Å². The van der Waals surface area contributed by atoms with Crippen molar-refractivity contribution in [3.63, 3.8) is 0 Å². The second-order valence-electron chi connectivity index (χ2n) is 4.56. The maximum atomic E-state index is 12.1. The van der Waals surface area contributed by atoms with Crippen LogP contribution in [0.5, 0.6) is 5.75 Å². The van der Waals surface area contributed by atoms with Crippen LogP contribution in [0.3, 0.4) is 0 Å². The summed E-state index contributed by atoms with van der Waals surface area (Å²) in [5.41, 5.74) is 2.45. The number of benzene rings is 2. The topological polar surface area (TPSA) is 26.3 Å². The summed E-state index contributed by atoms with van der Waals surface area (Å²) in [5.74, 6) is 0.699. The summed E-state index contributed by atoms with van der Waals surface area (Å²) < 4.78 is 5.20. The molecule has 0 aliphatic rings. The highest BCUT2D eigenvalue weighted by Gasteiger charge is 2.05. The van der Waals surface area contributed by atoms with Crippen molar-refractivity contribution < 1.29 is 9.53 Å². The van der Waals surface area contributed by atoms with Gasteiger partial charge in [-0.25, -0.2) is 0 Å². The first-order valence-corrected chi connectivity index (χ1v) is 7.09. The molecule has 0 unspecified atom stereocenters. The van der Waals surface area contributed by atoms with E-state index in [1.807, 2.05) is 25.1 Å². The van der Waals surface area contributed by atoms with Crippen LogP contribution in [0, 0.1) is 6.92 Å². The van der Waals surface area contributed by atoms with Crippen molar-refractivity contribution in [3.05, 3.63) is 69.2 Å². The molecule has 2 rings (SSSR count). The first-order valence-electron chi connectivity index (χ1n) is 6.33. The summed E-state index contributed by atoms with van der Waals surface area (Å²) in [5, 5.41) is 0.805. The molecular weight excluding hydrogens is 307 g/mol. The van der Waals surface area contributed by atoms with Crippen LogP contribution in [0.25, 0.3) is 6.08 Å². The van der Waals surface area contributed by atoms with E-state index in [9.17, 15) is 4.79 Å². The van der Waals surface area contributed by atoms with Gasteiger partial charge in [0.1, 0.15) is 5.75 Å². The van der Waals surface area contributed by atoms with Gasteiger partial charge in [-0.15, -0.1) is 0 Å². The number of halogens is 2. The first kappa shape index (κ1) is 15.6. The molecule has 0 fully saturated rings. The van der Waals surface area contributed by atoms with E-state index in [0.29, 0.717) is 15.6 Å². The predicted molar refractivity (Wildman–Crippen MR) is 87.6 cm³/mol. The molecule has 0 aliphatic heterocycles. The molecule has 0 amide bonds. The number of aryl methyl sites for hydroxylation is 1. The molecular formula is C17H14Cl2O2. The van der Waals surface area contributed by atoms with Gasteiger partial charge < -0.3 is 4.74 Å². The van der Waals surface area contributed by atoms with Crippen LogP contribution < -0.4 is 4.74 Å². The van der Waals surface area contributed by atoms with Crippen LogP contribution in [0.4, 0.5) is 0 Å². The molecule has 2 nitrogen and oxygen atoms in total. The van der Waals surface area contributed by atoms with Gasteiger partial charge in [0.2, 0.25) is 0 Å². The molecule has 2 aromatic rings. The first-order chi connectivity index (χ1) is 10.0. The second kappa shape index (κ2) is 6.79. The lowest BCUT2D eigenvalue weighted by Crippen LogP contribution is -1.94. The summed E-state index contributed by atoms with van der Waals surface area (Å²) in [6, 6.07) is 10.6. The number of hydrogen-bond acceptors (Lipinski definition) is 2. The van der Waals surface area contributed by atoms with Crippen molar-refractivity contribution in [3.8, 4) is 5.75 Å². The highest BCUT2D eigenvalue weighted by Crippen LogP contribution is 2.23. The Morgan fingerprint density at radius 3 is 2.48 bits per heavy atom. The van der Waals surface area contributed by atoms with Gasteiger partial charge in [0.05, 0.1) is 17.2 Å². The molecule has 0 saturated carbocycles. The number of ketones is 1. The molecule has 0 heterocycles. The highest BCUT2D eigenvalue weighted by molar-refractivity contribution is 6.42. The van der Waals surface area contributed by atoms with E-state index in [0.717, 1.165) is 16.9 Å². The van der Waals surface area contributed by atoms with Gasteiger partial charge in [-0.2, -0.15) is 0 Å². The maximum Gasteiger partial charge on any atom is 0.185 e. The van der Waals surface area contributed by atoms with E-state index in [2.05, 4.69) is 0 Å². The summed E-state index contributed by atoms with van der Waals surface area (Å²) in [7, 11) is 1.63.